The number of aliphatic hydroxyl groups is 1. The first kappa shape index (κ1) is 9.69. The SMILES string of the molecule is CC1CCNC1C(O)c1ccccc1. The summed E-state index contributed by atoms with van der Waals surface area (Å²) in [5.41, 5.74) is 1.01. The van der Waals surface area contributed by atoms with Crippen molar-refractivity contribution in [1.29, 1.82) is 0 Å². The lowest BCUT2D eigenvalue weighted by Crippen LogP contribution is -2.32. The number of aliphatic hydroxyl groups excluding tert-OH is 1. The zero-order valence-corrected chi connectivity index (χ0v) is 8.48. The molecule has 3 atom stereocenters. The second-order valence-electron chi connectivity index (χ2n) is 4.10. The molecular weight excluding hydrogens is 174 g/mol. The van der Waals surface area contributed by atoms with Crippen molar-refractivity contribution in [2.24, 2.45) is 5.92 Å². The second-order valence-corrected chi connectivity index (χ2v) is 4.10. The fourth-order valence-electron chi connectivity index (χ4n) is 2.14. The highest BCUT2D eigenvalue weighted by Crippen LogP contribution is 2.26. The summed E-state index contributed by atoms with van der Waals surface area (Å²) in [7, 11) is 0. The Balaban J connectivity index is 2.12. The Morgan fingerprint density at radius 2 is 2.07 bits per heavy atom. The smallest absolute Gasteiger partial charge is 0.0945 e. The second kappa shape index (κ2) is 4.11. The molecule has 2 heteroatoms. The Bertz CT molecular complexity index is 286. The molecule has 1 aromatic rings. The average Bonchev–Trinajstić information content (AvgIpc) is 2.65. The Morgan fingerprint density at radius 1 is 1.36 bits per heavy atom. The minimum absolute atomic E-state index is 0.220. The van der Waals surface area contributed by atoms with E-state index in [4.69, 9.17) is 0 Å². The largest absolute Gasteiger partial charge is 0.387 e. The predicted octanol–water partition coefficient (Wildman–Crippen LogP) is 1.72. The number of hydrogen-bond acceptors (Lipinski definition) is 2. The van der Waals surface area contributed by atoms with Crippen molar-refractivity contribution in [3.05, 3.63) is 35.9 Å². The van der Waals surface area contributed by atoms with E-state index in [1.54, 1.807) is 0 Å². The maximum atomic E-state index is 10.1. The minimum atomic E-state index is -0.367. The van der Waals surface area contributed by atoms with Crippen LogP contribution in [0.15, 0.2) is 30.3 Å². The summed E-state index contributed by atoms with van der Waals surface area (Å²) < 4.78 is 0. The van der Waals surface area contributed by atoms with E-state index in [2.05, 4.69) is 12.2 Å². The standard InChI is InChI=1S/C12H17NO/c1-9-7-8-13-11(9)12(14)10-5-3-2-4-6-10/h2-6,9,11-14H,7-8H2,1H3. The van der Waals surface area contributed by atoms with E-state index in [0.29, 0.717) is 5.92 Å². The fourth-order valence-corrected chi connectivity index (χ4v) is 2.14. The molecule has 0 saturated carbocycles. The number of benzene rings is 1. The van der Waals surface area contributed by atoms with E-state index in [1.165, 1.54) is 0 Å². The van der Waals surface area contributed by atoms with Crippen LogP contribution in [0.4, 0.5) is 0 Å². The van der Waals surface area contributed by atoms with Crippen LogP contribution in [0.1, 0.15) is 25.0 Å². The molecule has 2 N–H and O–H groups in total. The maximum absolute atomic E-state index is 10.1. The highest BCUT2D eigenvalue weighted by molar-refractivity contribution is 5.19. The summed E-state index contributed by atoms with van der Waals surface area (Å²) in [6.45, 7) is 3.21. The summed E-state index contributed by atoms with van der Waals surface area (Å²) >= 11 is 0. The molecule has 1 fully saturated rings. The van der Waals surface area contributed by atoms with Gasteiger partial charge >= 0.3 is 0 Å². The number of nitrogens with one attached hydrogen (secondary N) is 1. The highest BCUT2D eigenvalue weighted by atomic mass is 16.3. The molecule has 14 heavy (non-hydrogen) atoms. The summed E-state index contributed by atoms with van der Waals surface area (Å²) in [4.78, 5) is 0. The van der Waals surface area contributed by atoms with Gasteiger partial charge in [-0.15, -0.1) is 0 Å². The van der Waals surface area contributed by atoms with Gasteiger partial charge in [0.1, 0.15) is 0 Å². The first-order valence-corrected chi connectivity index (χ1v) is 5.25. The molecule has 76 valence electrons. The normalized spacial score (nSPS) is 29.0. The van der Waals surface area contributed by atoms with Gasteiger partial charge in [-0.2, -0.15) is 0 Å². The molecule has 3 unspecified atom stereocenters. The number of hydrogen-bond donors (Lipinski definition) is 2. The summed E-state index contributed by atoms with van der Waals surface area (Å²) in [5, 5.41) is 13.5. The van der Waals surface area contributed by atoms with Gasteiger partial charge in [0.2, 0.25) is 0 Å². The third-order valence-corrected chi connectivity index (χ3v) is 3.07. The van der Waals surface area contributed by atoms with Gasteiger partial charge in [-0.1, -0.05) is 37.3 Å². The van der Waals surface area contributed by atoms with Gasteiger partial charge in [0.15, 0.2) is 0 Å². The third kappa shape index (κ3) is 1.81. The third-order valence-electron chi connectivity index (χ3n) is 3.07. The molecule has 0 bridgehead atoms. The van der Waals surface area contributed by atoms with Crippen molar-refractivity contribution in [2.75, 3.05) is 6.54 Å². The van der Waals surface area contributed by atoms with Gasteiger partial charge in [-0.05, 0) is 24.4 Å². The van der Waals surface area contributed by atoms with E-state index >= 15 is 0 Å². The molecule has 1 aliphatic rings. The van der Waals surface area contributed by atoms with Crippen LogP contribution < -0.4 is 5.32 Å². The molecule has 2 nitrogen and oxygen atoms in total. The van der Waals surface area contributed by atoms with Crippen LogP contribution in [0.25, 0.3) is 0 Å². The van der Waals surface area contributed by atoms with Crippen molar-refractivity contribution in [3.63, 3.8) is 0 Å². The van der Waals surface area contributed by atoms with Crippen molar-refractivity contribution >= 4 is 0 Å². The van der Waals surface area contributed by atoms with Gasteiger partial charge in [-0.3, -0.25) is 0 Å². The maximum Gasteiger partial charge on any atom is 0.0945 e. The molecular formula is C12H17NO. The zero-order chi connectivity index (χ0) is 9.97. The monoisotopic (exact) mass is 191 g/mol. The van der Waals surface area contributed by atoms with Crippen molar-refractivity contribution < 1.29 is 5.11 Å². The van der Waals surface area contributed by atoms with Crippen LogP contribution in [-0.4, -0.2) is 17.7 Å². The Labute approximate surface area is 85.0 Å². The molecule has 0 aromatic heterocycles. The highest BCUT2D eigenvalue weighted by Gasteiger charge is 2.29. The summed E-state index contributed by atoms with van der Waals surface area (Å²) in [6.07, 6.45) is 0.794. The Hall–Kier alpha value is -0.860. The molecule has 0 aliphatic carbocycles. The van der Waals surface area contributed by atoms with E-state index < -0.39 is 0 Å². The molecule has 0 amide bonds. The van der Waals surface area contributed by atoms with Crippen LogP contribution in [0.5, 0.6) is 0 Å². The van der Waals surface area contributed by atoms with Crippen LogP contribution in [0.2, 0.25) is 0 Å². The predicted molar refractivity (Wildman–Crippen MR) is 57.0 cm³/mol. The van der Waals surface area contributed by atoms with Crippen LogP contribution >= 0.6 is 0 Å². The number of rotatable bonds is 2. The molecule has 0 spiro atoms. The lowest BCUT2D eigenvalue weighted by atomic mass is 9.94. The Morgan fingerprint density at radius 3 is 2.64 bits per heavy atom. The van der Waals surface area contributed by atoms with Crippen molar-refractivity contribution in [3.8, 4) is 0 Å². The topological polar surface area (TPSA) is 32.3 Å². The summed E-state index contributed by atoms with van der Waals surface area (Å²) in [5.74, 6) is 0.560. The molecule has 2 rings (SSSR count). The van der Waals surface area contributed by atoms with E-state index in [9.17, 15) is 5.11 Å². The van der Waals surface area contributed by atoms with E-state index in [1.807, 2.05) is 30.3 Å². The first-order chi connectivity index (χ1) is 6.79. The molecule has 0 radical (unpaired) electrons. The van der Waals surface area contributed by atoms with Gasteiger partial charge < -0.3 is 10.4 Å². The van der Waals surface area contributed by atoms with Crippen molar-refractivity contribution in [2.45, 2.75) is 25.5 Å². The van der Waals surface area contributed by atoms with Crippen molar-refractivity contribution in [1.82, 2.24) is 5.32 Å². The first-order valence-electron chi connectivity index (χ1n) is 5.25. The average molecular weight is 191 g/mol. The molecule has 1 aliphatic heterocycles. The lowest BCUT2D eigenvalue weighted by molar-refractivity contribution is 0.120. The van der Waals surface area contributed by atoms with E-state index in [0.717, 1.165) is 18.5 Å². The van der Waals surface area contributed by atoms with Crippen LogP contribution in [0, 0.1) is 5.92 Å². The van der Waals surface area contributed by atoms with Gasteiger partial charge in [-0.25, -0.2) is 0 Å². The van der Waals surface area contributed by atoms with Crippen LogP contribution in [0.3, 0.4) is 0 Å². The van der Waals surface area contributed by atoms with Gasteiger partial charge in [0.05, 0.1) is 6.10 Å². The minimum Gasteiger partial charge on any atom is -0.387 e. The van der Waals surface area contributed by atoms with Gasteiger partial charge in [0, 0.05) is 6.04 Å². The van der Waals surface area contributed by atoms with E-state index in [-0.39, 0.29) is 12.1 Å². The zero-order valence-electron chi connectivity index (χ0n) is 8.48. The molecule has 1 saturated heterocycles. The molecule has 1 aromatic carbocycles. The quantitative estimate of drug-likeness (QED) is 0.746. The lowest BCUT2D eigenvalue weighted by Gasteiger charge is -2.22. The van der Waals surface area contributed by atoms with Crippen LogP contribution in [-0.2, 0) is 0 Å². The fraction of sp³-hybridized carbons (Fsp3) is 0.500. The van der Waals surface area contributed by atoms with Gasteiger partial charge in [0.25, 0.3) is 0 Å². The molecule has 1 heterocycles. The Kier molecular flexibility index (Phi) is 2.85. The summed E-state index contributed by atoms with van der Waals surface area (Å²) in [6, 6.07) is 10.1.